The van der Waals surface area contributed by atoms with Gasteiger partial charge in [0.1, 0.15) is 0 Å². The molecule has 1 N–H and O–H groups in total. The number of hydrogen-bond donors (Lipinski definition) is 1. The lowest BCUT2D eigenvalue weighted by Gasteiger charge is -2.28. The van der Waals surface area contributed by atoms with E-state index in [0.717, 1.165) is 4.90 Å². The van der Waals surface area contributed by atoms with Gasteiger partial charge in [-0.1, -0.05) is 29.8 Å². The van der Waals surface area contributed by atoms with Gasteiger partial charge in [0.15, 0.2) is 0 Å². The molecule has 1 fully saturated rings. The molecule has 1 amide bonds. The number of carbonyl (C=O) groups is 1. The van der Waals surface area contributed by atoms with Crippen molar-refractivity contribution >= 4 is 23.5 Å². The highest BCUT2D eigenvalue weighted by molar-refractivity contribution is 6.33. The highest BCUT2D eigenvalue weighted by atomic mass is 35.5. The van der Waals surface area contributed by atoms with Crippen molar-refractivity contribution in [3.63, 3.8) is 0 Å². The van der Waals surface area contributed by atoms with Gasteiger partial charge in [0.2, 0.25) is 5.95 Å². The van der Waals surface area contributed by atoms with Gasteiger partial charge < -0.3 is 15.1 Å². The lowest BCUT2D eigenvalue weighted by atomic mass is 10.0. The fraction of sp³-hybridized carbons (Fsp3) is 0.320. The zero-order valence-electron chi connectivity index (χ0n) is 20.0. The molecule has 38 heavy (non-hydrogen) atoms. The molecule has 1 saturated heterocycles. The standard InChI is InChI=1S/C25H22ClF6N5O/c1-36(14-15-10-16(24(27,28)29)12-17(11-15)25(30,31)32)22(38)19-13-34-23(37-8-6-33-7-9-37)35-21(19)18-4-2-3-5-20(18)26/h2-5,10-13,33H,6-9,14H2,1H3. The number of rotatable bonds is 5. The first kappa shape index (κ1) is 27.6. The second kappa shape index (κ2) is 10.8. The van der Waals surface area contributed by atoms with Gasteiger partial charge in [-0.25, -0.2) is 9.97 Å². The summed E-state index contributed by atoms with van der Waals surface area (Å²) in [7, 11) is 1.27. The lowest BCUT2D eigenvalue weighted by molar-refractivity contribution is -0.143. The van der Waals surface area contributed by atoms with Crippen LogP contribution >= 0.6 is 11.6 Å². The summed E-state index contributed by atoms with van der Waals surface area (Å²) in [6.07, 6.45) is -8.69. The third kappa shape index (κ3) is 6.18. The number of halogens is 7. The van der Waals surface area contributed by atoms with Crippen molar-refractivity contribution in [2.24, 2.45) is 0 Å². The normalized spacial score (nSPS) is 14.5. The van der Waals surface area contributed by atoms with Gasteiger partial charge in [-0.3, -0.25) is 4.79 Å². The van der Waals surface area contributed by atoms with Crippen molar-refractivity contribution in [2.75, 3.05) is 38.1 Å². The average molecular weight is 558 g/mol. The van der Waals surface area contributed by atoms with E-state index in [1.165, 1.54) is 13.2 Å². The molecule has 1 aromatic heterocycles. The van der Waals surface area contributed by atoms with Crippen LogP contribution in [0, 0.1) is 0 Å². The fourth-order valence-corrected chi connectivity index (χ4v) is 4.29. The van der Waals surface area contributed by atoms with E-state index in [2.05, 4.69) is 15.3 Å². The van der Waals surface area contributed by atoms with E-state index in [4.69, 9.17) is 11.6 Å². The van der Waals surface area contributed by atoms with Crippen LogP contribution in [0.25, 0.3) is 11.3 Å². The average Bonchev–Trinajstić information content (AvgIpc) is 2.87. The summed E-state index contributed by atoms with van der Waals surface area (Å²) >= 11 is 6.38. The minimum absolute atomic E-state index is 0.00232. The Labute approximate surface area is 219 Å². The summed E-state index contributed by atoms with van der Waals surface area (Å²) in [6.45, 7) is 2.17. The summed E-state index contributed by atoms with van der Waals surface area (Å²) in [6, 6.07) is 7.91. The van der Waals surface area contributed by atoms with E-state index in [0.29, 0.717) is 54.8 Å². The minimum atomic E-state index is -5.00. The summed E-state index contributed by atoms with van der Waals surface area (Å²) in [5.74, 6) is -0.328. The van der Waals surface area contributed by atoms with Gasteiger partial charge >= 0.3 is 12.4 Å². The molecule has 6 nitrogen and oxygen atoms in total. The highest BCUT2D eigenvalue weighted by Crippen LogP contribution is 2.37. The van der Waals surface area contributed by atoms with Crippen LogP contribution in [0.2, 0.25) is 5.02 Å². The molecule has 0 unspecified atom stereocenters. The molecule has 2 heterocycles. The number of hydrogen-bond acceptors (Lipinski definition) is 5. The Morgan fingerprint density at radius 1 is 1.03 bits per heavy atom. The van der Waals surface area contributed by atoms with E-state index >= 15 is 0 Å². The summed E-state index contributed by atoms with van der Waals surface area (Å²) in [4.78, 5) is 25.3. The maximum absolute atomic E-state index is 13.4. The third-order valence-corrected chi connectivity index (χ3v) is 6.28. The van der Waals surface area contributed by atoms with Gasteiger partial charge in [-0.2, -0.15) is 26.3 Å². The molecular formula is C25H22ClF6N5O. The Morgan fingerprint density at radius 2 is 1.63 bits per heavy atom. The minimum Gasteiger partial charge on any atom is -0.338 e. The van der Waals surface area contributed by atoms with Crippen LogP contribution in [-0.2, 0) is 18.9 Å². The van der Waals surface area contributed by atoms with Crippen LogP contribution in [0.5, 0.6) is 0 Å². The first-order valence-corrected chi connectivity index (χ1v) is 11.8. The molecule has 1 aliphatic rings. The summed E-state index contributed by atoms with van der Waals surface area (Å²) < 4.78 is 79.7. The number of aromatic nitrogens is 2. The number of benzene rings is 2. The van der Waals surface area contributed by atoms with E-state index in [1.54, 1.807) is 24.3 Å². The smallest absolute Gasteiger partial charge is 0.338 e. The molecule has 4 rings (SSSR count). The van der Waals surface area contributed by atoms with E-state index in [-0.39, 0.29) is 22.9 Å². The first-order valence-electron chi connectivity index (χ1n) is 11.5. The zero-order chi connectivity index (χ0) is 27.7. The molecule has 0 spiro atoms. The van der Waals surface area contributed by atoms with Gasteiger partial charge in [-0.05, 0) is 29.8 Å². The number of carbonyl (C=O) groups excluding carboxylic acids is 1. The number of nitrogens with one attached hydrogen (secondary N) is 1. The Hall–Kier alpha value is -3.38. The molecule has 3 aromatic rings. The van der Waals surface area contributed by atoms with Gasteiger partial charge in [0.25, 0.3) is 5.91 Å². The second-order valence-corrected chi connectivity index (χ2v) is 9.13. The molecule has 0 saturated carbocycles. The van der Waals surface area contributed by atoms with Crippen LogP contribution in [0.4, 0.5) is 32.3 Å². The maximum Gasteiger partial charge on any atom is 0.416 e. The molecule has 202 valence electrons. The summed E-state index contributed by atoms with van der Waals surface area (Å²) in [5, 5.41) is 3.52. The molecule has 13 heteroatoms. The first-order chi connectivity index (χ1) is 17.8. The van der Waals surface area contributed by atoms with Crippen molar-refractivity contribution in [3.05, 3.63) is 75.9 Å². The molecule has 0 atom stereocenters. The fourth-order valence-electron chi connectivity index (χ4n) is 4.07. The van der Waals surface area contributed by atoms with E-state index in [9.17, 15) is 31.1 Å². The van der Waals surface area contributed by atoms with Gasteiger partial charge in [0.05, 0.1) is 22.4 Å². The van der Waals surface area contributed by atoms with E-state index in [1.807, 2.05) is 4.90 Å². The van der Waals surface area contributed by atoms with Gasteiger partial charge in [-0.15, -0.1) is 0 Å². The molecule has 0 bridgehead atoms. The number of alkyl halides is 6. The monoisotopic (exact) mass is 557 g/mol. The Bertz CT molecular complexity index is 1290. The molecular weight excluding hydrogens is 536 g/mol. The quantitative estimate of drug-likeness (QED) is 0.419. The Kier molecular flexibility index (Phi) is 7.84. The maximum atomic E-state index is 13.4. The lowest BCUT2D eigenvalue weighted by Crippen LogP contribution is -2.44. The van der Waals surface area contributed by atoms with Crippen LogP contribution in [0.15, 0.2) is 48.7 Å². The molecule has 2 aromatic carbocycles. The van der Waals surface area contributed by atoms with Crippen LogP contribution in [0.1, 0.15) is 27.0 Å². The predicted octanol–water partition coefficient (Wildman–Crippen LogP) is 5.52. The molecule has 1 aliphatic heterocycles. The van der Waals surface area contributed by atoms with Crippen molar-refractivity contribution in [1.82, 2.24) is 20.2 Å². The number of nitrogens with zero attached hydrogens (tertiary/aromatic N) is 4. The number of piperazine rings is 1. The van der Waals surface area contributed by atoms with Crippen LogP contribution < -0.4 is 10.2 Å². The largest absolute Gasteiger partial charge is 0.416 e. The predicted molar refractivity (Wildman–Crippen MR) is 130 cm³/mol. The van der Waals surface area contributed by atoms with Crippen LogP contribution in [0.3, 0.4) is 0 Å². The Morgan fingerprint density at radius 3 is 2.21 bits per heavy atom. The van der Waals surface area contributed by atoms with Crippen molar-refractivity contribution in [1.29, 1.82) is 0 Å². The number of amides is 1. The Balaban J connectivity index is 1.71. The third-order valence-electron chi connectivity index (χ3n) is 5.95. The zero-order valence-corrected chi connectivity index (χ0v) is 20.8. The SMILES string of the molecule is CN(Cc1cc(C(F)(F)F)cc(C(F)(F)F)c1)C(=O)c1cnc(N2CCNCC2)nc1-c1ccccc1Cl. The van der Waals surface area contributed by atoms with Gasteiger partial charge in [0, 0.05) is 56.6 Å². The van der Waals surface area contributed by atoms with E-state index < -0.39 is 35.9 Å². The molecule has 0 aliphatic carbocycles. The van der Waals surface area contributed by atoms with Crippen LogP contribution in [-0.4, -0.2) is 54.0 Å². The number of anilines is 1. The van der Waals surface area contributed by atoms with Crippen molar-refractivity contribution in [3.8, 4) is 11.3 Å². The topological polar surface area (TPSA) is 61.4 Å². The highest BCUT2D eigenvalue weighted by Gasteiger charge is 2.37. The summed E-state index contributed by atoms with van der Waals surface area (Å²) in [5.41, 5.74) is -2.60. The second-order valence-electron chi connectivity index (χ2n) is 8.72. The van der Waals surface area contributed by atoms with Crippen molar-refractivity contribution < 1.29 is 31.1 Å². The van der Waals surface area contributed by atoms with Crippen molar-refractivity contribution in [2.45, 2.75) is 18.9 Å². The molecule has 0 radical (unpaired) electrons.